The van der Waals surface area contributed by atoms with Crippen molar-refractivity contribution in [2.45, 2.75) is 19.8 Å². The second-order valence-electron chi connectivity index (χ2n) is 2.69. The molecule has 0 aromatic rings. The lowest BCUT2D eigenvalue weighted by atomic mass is 10.1. The highest BCUT2D eigenvalue weighted by molar-refractivity contribution is 6.65. The molecule has 66 valence electrons. The Hall–Kier alpha value is -0.470. The van der Waals surface area contributed by atoms with Crippen LogP contribution in [0.2, 0.25) is 0 Å². The molecule has 0 fully saturated rings. The Labute approximate surface area is 81.8 Å². The van der Waals surface area contributed by atoms with Gasteiger partial charge in [-0.05, 0) is 19.4 Å². The fourth-order valence-corrected chi connectivity index (χ4v) is 1.29. The van der Waals surface area contributed by atoms with Crippen LogP contribution in [-0.2, 0) is 0 Å². The molecule has 0 aliphatic carbocycles. The van der Waals surface area contributed by atoms with Crippen molar-refractivity contribution in [3.63, 3.8) is 0 Å². The SMILES string of the molecule is C/C1=C(Cl)/C=C(/N)N=C(Cl)CC1. The summed E-state index contributed by atoms with van der Waals surface area (Å²) in [5.41, 5.74) is 6.61. The monoisotopic (exact) mass is 204 g/mol. The second-order valence-corrected chi connectivity index (χ2v) is 3.53. The van der Waals surface area contributed by atoms with Crippen molar-refractivity contribution in [3.05, 3.63) is 22.5 Å². The van der Waals surface area contributed by atoms with Crippen molar-refractivity contribution < 1.29 is 0 Å². The summed E-state index contributed by atoms with van der Waals surface area (Å²) >= 11 is 11.7. The van der Waals surface area contributed by atoms with Crippen LogP contribution in [0.25, 0.3) is 0 Å². The summed E-state index contributed by atoms with van der Waals surface area (Å²) < 4.78 is 0. The number of nitrogens with two attached hydrogens (primary N) is 1. The van der Waals surface area contributed by atoms with Gasteiger partial charge in [-0.25, -0.2) is 4.99 Å². The van der Waals surface area contributed by atoms with E-state index in [2.05, 4.69) is 4.99 Å². The van der Waals surface area contributed by atoms with Crippen molar-refractivity contribution in [2.24, 2.45) is 10.7 Å². The third-order valence-corrected chi connectivity index (χ3v) is 2.34. The van der Waals surface area contributed by atoms with Crippen LogP contribution >= 0.6 is 23.2 Å². The van der Waals surface area contributed by atoms with E-state index in [1.165, 1.54) is 0 Å². The van der Waals surface area contributed by atoms with Gasteiger partial charge in [0.05, 0.1) is 0 Å². The van der Waals surface area contributed by atoms with E-state index in [1.54, 1.807) is 6.08 Å². The second kappa shape index (κ2) is 3.97. The molecule has 12 heavy (non-hydrogen) atoms. The lowest BCUT2D eigenvalue weighted by Gasteiger charge is -2.06. The number of hydrogen-bond acceptors (Lipinski definition) is 2. The van der Waals surface area contributed by atoms with Crippen molar-refractivity contribution in [3.8, 4) is 0 Å². The average Bonchev–Trinajstić information content (AvgIpc) is 1.98. The molecule has 0 bridgehead atoms. The lowest BCUT2D eigenvalue weighted by Crippen LogP contribution is -2.01. The van der Waals surface area contributed by atoms with E-state index in [1.807, 2.05) is 6.92 Å². The van der Waals surface area contributed by atoms with Gasteiger partial charge in [0, 0.05) is 11.5 Å². The average molecular weight is 205 g/mol. The molecule has 1 aliphatic heterocycles. The first kappa shape index (κ1) is 9.62. The molecule has 0 saturated carbocycles. The summed E-state index contributed by atoms with van der Waals surface area (Å²) in [5.74, 6) is 0.365. The van der Waals surface area contributed by atoms with E-state index in [-0.39, 0.29) is 0 Å². The maximum atomic E-state index is 5.90. The molecule has 4 heteroatoms. The number of rotatable bonds is 0. The third-order valence-electron chi connectivity index (χ3n) is 1.64. The summed E-state index contributed by atoms with van der Waals surface area (Å²) in [4.78, 5) is 3.92. The zero-order valence-corrected chi connectivity index (χ0v) is 8.28. The molecule has 2 nitrogen and oxygen atoms in total. The third kappa shape index (κ3) is 2.54. The standard InChI is InChI=1S/C8H10Cl2N2/c1-5-2-3-7(10)12-8(11)4-6(5)9/h4H,2-3,11H2,1H3/b6-5+,8-4-,12-7?. The minimum Gasteiger partial charge on any atom is -0.384 e. The Balaban J connectivity index is 2.99. The van der Waals surface area contributed by atoms with E-state index in [4.69, 9.17) is 28.9 Å². The molecule has 0 amide bonds. The van der Waals surface area contributed by atoms with E-state index in [0.29, 0.717) is 22.4 Å². The van der Waals surface area contributed by atoms with Crippen molar-refractivity contribution in [2.75, 3.05) is 0 Å². The maximum Gasteiger partial charge on any atom is 0.126 e. The number of halogens is 2. The molecule has 0 atom stereocenters. The van der Waals surface area contributed by atoms with Crippen LogP contribution in [0.5, 0.6) is 0 Å². The number of nitrogens with zero attached hydrogens (tertiary/aromatic N) is 1. The van der Waals surface area contributed by atoms with Gasteiger partial charge in [0.15, 0.2) is 0 Å². The number of aliphatic imine (C=N–C) groups is 1. The summed E-state index contributed by atoms with van der Waals surface area (Å²) in [6.45, 7) is 1.96. The van der Waals surface area contributed by atoms with E-state index in [9.17, 15) is 0 Å². The molecular weight excluding hydrogens is 195 g/mol. The molecule has 2 N–H and O–H groups in total. The zero-order chi connectivity index (χ0) is 9.14. The molecule has 1 heterocycles. The van der Waals surface area contributed by atoms with Gasteiger partial charge < -0.3 is 5.73 Å². The molecule has 1 aliphatic rings. The Morgan fingerprint density at radius 3 is 2.75 bits per heavy atom. The summed E-state index contributed by atoms with van der Waals surface area (Å²) in [7, 11) is 0. The van der Waals surface area contributed by atoms with Gasteiger partial charge in [-0.3, -0.25) is 0 Å². The lowest BCUT2D eigenvalue weighted by molar-refractivity contribution is 1.00. The molecule has 0 aromatic heterocycles. The zero-order valence-electron chi connectivity index (χ0n) is 6.77. The van der Waals surface area contributed by atoms with Crippen LogP contribution in [0.3, 0.4) is 0 Å². The van der Waals surface area contributed by atoms with Crippen LogP contribution in [0.15, 0.2) is 27.5 Å². The number of allylic oxidation sites excluding steroid dienone is 3. The van der Waals surface area contributed by atoms with Crippen molar-refractivity contribution in [1.29, 1.82) is 0 Å². The van der Waals surface area contributed by atoms with Gasteiger partial charge in [0.25, 0.3) is 0 Å². The molecule has 0 saturated heterocycles. The van der Waals surface area contributed by atoms with Gasteiger partial charge in [0.2, 0.25) is 0 Å². The quantitative estimate of drug-likeness (QED) is 0.648. The molecule has 0 unspecified atom stereocenters. The summed E-state index contributed by atoms with van der Waals surface area (Å²) in [5, 5.41) is 1.20. The van der Waals surface area contributed by atoms with Crippen LogP contribution in [-0.4, -0.2) is 5.17 Å². The van der Waals surface area contributed by atoms with E-state index < -0.39 is 0 Å². The minimum atomic E-state index is 0.365. The fourth-order valence-electron chi connectivity index (χ4n) is 0.891. The highest BCUT2D eigenvalue weighted by Crippen LogP contribution is 2.20. The first-order valence-corrected chi connectivity index (χ1v) is 4.40. The number of hydrogen-bond donors (Lipinski definition) is 1. The Morgan fingerprint density at radius 1 is 1.42 bits per heavy atom. The fraction of sp³-hybridized carbons (Fsp3) is 0.375. The Kier molecular flexibility index (Phi) is 3.18. The molecule has 1 rings (SSSR count). The highest BCUT2D eigenvalue weighted by atomic mass is 35.5. The van der Waals surface area contributed by atoms with E-state index >= 15 is 0 Å². The highest BCUT2D eigenvalue weighted by Gasteiger charge is 2.04. The van der Waals surface area contributed by atoms with Crippen LogP contribution in [0.4, 0.5) is 0 Å². The van der Waals surface area contributed by atoms with Crippen molar-refractivity contribution in [1.82, 2.24) is 0 Å². The maximum absolute atomic E-state index is 5.90. The summed E-state index contributed by atoms with van der Waals surface area (Å²) in [6.07, 6.45) is 3.17. The predicted molar refractivity (Wildman–Crippen MR) is 53.3 cm³/mol. The summed E-state index contributed by atoms with van der Waals surface area (Å²) in [6, 6.07) is 0. The van der Waals surface area contributed by atoms with Crippen LogP contribution < -0.4 is 5.73 Å². The molecular formula is C8H10Cl2N2. The topological polar surface area (TPSA) is 38.4 Å². The Bertz CT molecular complexity index is 277. The van der Waals surface area contributed by atoms with Crippen molar-refractivity contribution >= 4 is 28.4 Å². The molecule has 0 aromatic carbocycles. The molecule has 0 spiro atoms. The van der Waals surface area contributed by atoms with E-state index in [0.717, 1.165) is 12.0 Å². The molecule has 0 radical (unpaired) electrons. The predicted octanol–water partition coefficient (Wildman–Crippen LogP) is 2.73. The smallest absolute Gasteiger partial charge is 0.126 e. The van der Waals surface area contributed by atoms with Gasteiger partial charge in [-0.2, -0.15) is 0 Å². The van der Waals surface area contributed by atoms with Crippen LogP contribution in [0.1, 0.15) is 19.8 Å². The minimum absolute atomic E-state index is 0.365. The van der Waals surface area contributed by atoms with Gasteiger partial charge in [-0.1, -0.05) is 28.8 Å². The first-order chi connectivity index (χ1) is 5.59. The normalized spacial score (nSPS) is 29.9. The van der Waals surface area contributed by atoms with Crippen LogP contribution in [0, 0.1) is 0 Å². The van der Waals surface area contributed by atoms with Gasteiger partial charge in [-0.15, -0.1) is 0 Å². The largest absolute Gasteiger partial charge is 0.384 e. The first-order valence-electron chi connectivity index (χ1n) is 3.65. The Morgan fingerprint density at radius 2 is 2.08 bits per heavy atom. The van der Waals surface area contributed by atoms with Gasteiger partial charge >= 0.3 is 0 Å². The van der Waals surface area contributed by atoms with Gasteiger partial charge in [0.1, 0.15) is 11.0 Å².